The number of nitrogens with zero attached hydrogens (tertiary/aromatic N) is 3. The second-order valence-corrected chi connectivity index (χ2v) is 6.92. The Morgan fingerprint density at radius 3 is 2.96 bits per heavy atom. The summed E-state index contributed by atoms with van der Waals surface area (Å²) in [4.78, 5) is 23.9. The third kappa shape index (κ3) is 4.44. The van der Waals surface area contributed by atoms with Crippen LogP contribution >= 0.6 is 11.3 Å². The van der Waals surface area contributed by atoms with E-state index >= 15 is 0 Å². The lowest BCUT2D eigenvalue weighted by Crippen LogP contribution is -2.36. The van der Waals surface area contributed by atoms with Crippen LogP contribution in [0.3, 0.4) is 0 Å². The first-order valence-corrected chi connectivity index (χ1v) is 9.03. The van der Waals surface area contributed by atoms with E-state index in [0.29, 0.717) is 24.9 Å². The normalized spacial score (nSPS) is 15.3. The van der Waals surface area contributed by atoms with Crippen LogP contribution in [0.4, 0.5) is 5.82 Å². The van der Waals surface area contributed by atoms with Gasteiger partial charge in [0.25, 0.3) is 0 Å². The summed E-state index contributed by atoms with van der Waals surface area (Å²) in [6, 6.07) is 6.34. The summed E-state index contributed by atoms with van der Waals surface area (Å²) < 4.78 is 5.08. The molecule has 3 heterocycles. The zero-order chi connectivity index (χ0) is 16.8. The molecule has 2 aromatic rings. The van der Waals surface area contributed by atoms with E-state index in [1.807, 2.05) is 23.6 Å². The largest absolute Gasteiger partial charge is 0.467 e. The van der Waals surface area contributed by atoms with Crippen molar-refractivity contribution in [2.45, 2.75) is 25.8 Å². The molecule has 3 rings (SSSR count). The van der Waals surface area contributed by atoms with Crippen LogP contribution in [-0.2, 0) is 11.3 Å². The van der Waals surface area contributed by atoms with Crippen LogP contribution < -0.4 is 15.0 Å². The lowest BCUT2D eigenvalue weighted by molar-refractivity contribution is -0.122. The molecule has 2 aromatic heterocycles. The Bertz CT molecular complexity index is 654. The molecule has 6 nitrogen and oxygen atoms in total. The van der Waals surface area contributed by atoms with E-state index in [1.54, 1.807) is 24.6 Å². The van der Waals surface area contributed by atoms with E-state index in [4.69, 9.17) is 4.74 Å². The van der Waals surface area contributed by atoms with Gasteiger partial charge < -0.3 is 15.0 Å². The van der Waals surface area contributed by atoms with Gasteiger partial charge in [-0.15, -0.1) is 11.3 Å². The predicted octanol–water partition coefficient (Wildman–Crippen LogP) is 2.47. The third-order valence-corrected chi connectivity index (χ3v) is 5.13. The van der Waals surface area contributed by atoms with Gasteiger partial charge in [-0.3, -0.25) is 4.79 Å². The Kier molecular flexibility index (Phi) is 5.63. The number of hydrogen-bond donors (Lipinski definition) is 1. The van der Waals surface area contributed by atoms with Gasteiger partial charge in [-0.1, -0.05) is 6.07 Å². The number of hydrogen-bond acceptors (Lipinski definition) is 6. The maximum atomic E-state index is 12.1. The zero-order valence-electron chi connectivity index (χ0n) is 13.8. The van der Waals surface area contributed by atoms with Crippen molar-refractivity contribution in [2.24, 2.45) is 5.92 Å². The van der Waals surface area contributed by atoms with Gasteiger partial charge in [-0.05, 0) is 36.3 Å². The summed E-state index contributed by atoms with van der Waals surface area (Å²) in [7, 11) is 1.57. The van der Waals surface area contributed by atoms with Crippen LogP contribution in [-0.4, -0.2) is 36.1 Å². The number of carbonyl (C=O) groups is 1. The van der Waals surface area contributed by atoms with Crippen LogP contribution in [0.5, 0.6) is 6.01 Å². The highest BCUT2D eigenvalue weighted by Crippen LogP contribution is 2.24. The third-order valence-electron chi connectivity index (χ3n) is 4.25. The minimum Gasteiger partial charge on any atom is -0.467 e. The molecule has 0 atom stereocenters. The van der Waals surface area contributed by atoms with Gasteiger partial charge in [0, 0.05) is 30.6 Å². The highest BCUT2D eigenvalue weighted by molar-refractivity contribution is 7.09. The van der Waals surface area contributed by atoms with Crippen molar-refractivity contribution in [2.75, 3.05) is 25.1 Å². The Morgan fingerprint density at radius 2 is 2.25 bits per heavy atom. The first-order chi connectivity index (χ1) is 11.7. The first kappa shape index (κ1) is 16.7. The Morgan fingerprint density at radius 1 is 1.42 bits per heavy atom. The molecule has 0 radical (unpaired) electrons. The summed E-state index contributed by atoms with van der Waals surface area (Å²) in [5, 5.41) is 5.04. The Balaban J connectivity index is 1.43. The van der Waals surface area contributed by atoms with Crippen molar-refractivity contribution in [3.63, 3.8) is 0 Å². The molecule has 0 bridgehead atoms. The molecule has 0 unspecified atom stereocenters. The molecular weight excluding hydrogens is 324 g/mol. The fourth-order valence-corrected chi connectivity index (χ4v) is 3.55. The van der Waals surface area contributed by atoms with Gasteiger partial charge in [0.2, 0.25) is 5.91 Å². The van der Waals surface area contributed by atoms with Crippen molar-refractivity contribution < 1.29 is 9.53 Å². The van der Waals surface area contributed by atoms with E-state index in [-0.39, 0.29) is 5.91 Å². The molecular formula is C17H22N4O2S. The van der Waals surface area contributed by atoms with Gasteiger partial charge in [0.05, 0.1) is 13.7 Å². The lowest BCUT2D eigenvalue weighted by Gasteiger charge is -2.32. The second kappa shape index (κ2) is 8.10. The topological polar surface area (TPSA) is 67.3 Å². The standard InChI is InChI=1S/C17H22N4O2S/c1-23-17-18-7-4-15(20-17)21-8-5-13(6-9-21)11-16(22)19-12-14-3-2-10-24-14/h2-4,7,10,13H,5-6,8-9,11-12H2,1H3,(H,19,22). The van der Waals surface area contributed by atoms with E-state index in [9.17, 15) is 4.79 Å². The number of methoxy groups -OCH3 is 1. The molecule has 7 heteroatoms. The Labute approximate surface area is 145 Å². The number of carbonyl (C=O) groups excluding carboxylic acids is 1. The van der Waals surface area contributed by atoms with Crippen LogP contribution in [0.2, 0.25) is 0 Å². The summed E-state index contributed by atoms with van der Waals surface area (Å²) in [5.41, 5.74) is 0. The molecule has 0 aromatic carbocycles. The van der Waals surface area contributed by atoms with Gasteiger partial charge in [0.15, 0.2) is 0 Å². The Hall–Kier alpha value is -2.15. The van der Waals surface area contributed by atoms with Crippen molar-refractivity contribution in [3.8, 4) is 6.01 Å². The van der Waals surface area contributed by atoms with Crippen molar-refractivity contribution in [1.29, 1.82) is 0 Å². The number of anilines is 1. The molecule has 24 heavy (non-hydrogen) atoms. The predicted molar refractivity (Wildman–Crippen MR) is 94.3 cm³/mol. The van der Waals surface area contributed by atoms with E-state index in [1.165, 1.54) is 4.88 Å². The van der Waals surface area contributed by atoms with Crippen molar-refractivity contribution in [1.82, 2.24) is 15.3 Å². The maximum Gasteiger partial charge on any atom is 0.318 e. The number of piperidine rings is 1. The molecule has 1 aliphatic heterocycles. The van der Waals surface area contributed by atoms with Crippen molar-refractivity contribution in [3.05, 3.63) is 34.7 Å². The smallest absolute Gasteiger partial charge is 0.318 e. The second-order valence-electron chi connectivity index (χ2n) is 5.89. The van der Waals surface area contributed by atoms with Crippen molar-refractivity contribution >= 4 is 23.1 Å². The number of aromatic nitrogens is 2. The van der Waals surface area contributed by atoms with Crippen LogP contribution in [0.1, 0.15) is 24.1 Å². The molecule has 1 fully saturated rings. The number of rotatable bonds is 6. The van der Waals surface area contributed by atoms with E-state index in [2.05, 4.69) is 20.2 Å². The van der Waals surface area contributed by atoms with Crippen LogP contribution in [0.25, 0.3) is 0 Å². The van der Waals surface area contributed by atoms with Gasteiger partial charge >= 0.3 is 6.01 Å². The minimum absolute atomic E-state index is 0.144. The van der Waals surface area contributed by atoms with E-state index in [0.717, 1.165) is 31.7 Å². The molecule has 0 aliphatic carbocycles. The fraction of sp³-hybridized carbons (Fsp3) is 0.471. The van der Waals surface area contributed by atoms with Gasteiger partial charge in [0.1, 0.15) is 5.82 Å². The number of amides is 1. The highest BCUT2D eigenvalue weighted by atomic mass is 32.1. The summed E-state index contributed by atoms with van der Waals surface area (Å²) in [5.74, 6) is 1.47. The lowest BCUT2D eigenvalue weighted by atomic mass is 9.93. The van der Waals surface area contributed by atoms with Crippen LogP contribution in [0, 0.1) is 5.92 Å². The molecule has 0 saturated carbocycles. The quantitative estimate of drug-likeness (QED) is 0.870. The molecule has 1 amide bonds. The summed E-state index contributed by atoms with van der Waals surface area (Å²) in [6.45, 7) is 2.45. The van der Waals surface area contributed by atoms with Gasteiger partial charge in [-0.2, -0.15) is 4.98 Å². The molecule has 128 valence electrons. The number of thiophene rings is 1. The van der Waals surface area contributed by atoms with E-state index < -0.39 is 0 Å². The van der Waals surface area contributed by atoms with Crippen LogP contribution in [0.15, 0.2) is 29.8 Å². The SMILES string of the molecule is COc1nccc(N2CCC(CC(=O)NCc3cccs3)CC2)n1. The zero-order valence-corrected chi connectivity index (χ0v) is 14.6. The monoisotopic (exact) mass is 346 g/mol. The number of ether oxygens (including phenoxy) is 1. The highest BCUT2D eigenvalue weighted by Gasteiger charge is 2.22. The fourth-order valence-electron chi connectivity index (χ4n) is 2.91. The molecule has 1 saturated heterocycles. The number of nitrogens with one attached hydrogen (secondary N) is 1. The summed E-state index contributed by atoms with van der Waals surface area (Å²) >= 11 is 1.67. The minimum atomic E-state index is 0.144. The summed E-state index contributed by atoms with van der Waals surface area (Å²) in [6.07, 6.45) is 4.31. The molecule has 0 spiro atoms. The molecule has 1 N–H and O–H groups in total. The average Bonchev–Trinajstić information content (AvgIpc) is 3.14. The average molecular weight is 346 g/mol. The van der Waals surface area contributed by atoms with Gasteiger partial charge in [-0.25, -0.2) is 4.98 Å². The first-order valence-electron chi connectivity index (χ1n) is 8.15. The molecule has 1 aliphatic rings. The maximum absolute atomic E-state index is 12.1.